The van der Waals surface area contributed by atoms with Crippen molar-refractivity contribution < 1.29 is 4.79 Å². The van der Waals surface area contributed by atoms with Gasteiger partial charge in [-0.3, -0.25) is 4.79 Å². The van der Waals surface area contributed by atoms with E-state index in [0.29, 0.717) is 0 Å². The van der Waals surface area contributed by atoms with Crippen molar-refractivity contribution in [1.29, 1.82) is 0 Å². The standard InChI is InChI=1S/C21H32O/c1-5-6-7-8-9-10-11-19(17-22)16-18-12-14-20(15-13-18)21(2,3)4/h12-17H,5-11H2,1-4H3. The summed E-state index contributed by atoms with van der Waals surface area (Å²) in [7, 11) is 0. The molecule has 22 heavy (non-hydrogen) atoms. The van der Waals surface area contributed by atoms with E-state index >= 15 is 0 Å². The van der Waals surface area contributed by atoms with Crippen LogP contribution in [0.15, 0.2) is 29.8 Å². The third-order valence-corrected chi connectivity index (χ3v) is 4.10. The number of hydrogen-bond donors (Lipinski definition) is 0. The SMILES string of the molecule is CCCCCCCCC(C=O)=Cc1ccc(C(C)(C)C)cc1. The molecular weight excluding hydrogens is 268 g/mol. The molecule has 0 heterocycles. The number of rotatable bonds is 9. The van der Waals surface area contributed by atoms with E-state index in [1.54, 1.807) is 0 Å². The molecule has 0 radical (unpaired) electrons. The Morgan fingerprint density at radius 3 is 2.09 bits per heavy atom. The minimum atomic E-state index is 0.175. The fourth-order valence-corrected chi connectivity index (χ4v) is 2.57. The Kier molecular flexibility index (Phi) is 8.16. The van der Waals surface area contributed by atoms with Crippen LogP contribution in [0.5, 0.6) is 0 Å². The van der Waals surface area contributed by atoms with Crippen LogP contribution in [-0.2, 0) is 10.2 Å². The summed E-state index contributed by atoms with van der Waals surface area (Å²) in [6.07, 6.45) is 11.5. The van der Waals surface area contributed by atoms with Gasteiger partial charge in [0, 0.05) is 0 Å². The Labute approximate surface area is 136 Å². The smallest absolute Gasteiger partial charge is 0.146 e. The van der Waals surface area contributed by atoms with Crippen molar-refractivity contribution >= 4 is 12.4 Å². The molecule has 0 aliphatic heterocycles. The highest BCUT2D eigenvalue weighted by molar-refractivity contribution is 5.81. The zero-order valence-corrected chi connectivity index (χ0v) is 14.8. The van der Waals surface area contributed by atoms with Crippen molar-refractivity contribution in [2.24, 2.45) is 0 Å². The highest BCUT2D eigenvalue weighted by Gasteiger charge is 2.12. The van der Waals surface area contributed by atoms with Crippen molar-refractivity contribution in [2.75, 3.05) is 0 Å². The number of benzene rings is 1. The molecule has 0 N–H and O–H groups in total. The summed E-state index contributed by atoms with van der Waals surface area (Å²) < 4.78 is 0. The van der Waals surface area contributed by atoms with Gasteiger partial charge in [0.2, 0.25) is 0 Å². The Balaban J connectivity index is 2.52. The molecule has 0 saturated heterocycles. The molecule has 0 aliphatic carbocycles. The molecule has 0 aromatic heterocycles. The van der Waals surface area contributed by atoms with E-state index in [2.05, 4.69) is 52.0 Å². The molecule has 0 atom stereocenters. The molecule has 0 spiro atoms. The average Bonchev–Trinajstić information content (AvgIpc) is 2.49. The van der Waals surface area contributed by atoms with Crippen LogP contribution < -0.4 is 0 Å². The Morgan fingerprint density at radius 1 is 0.955 bits per heavy atom. The lowest BCUT2D eigenvalue weighted by molar-refractivity contribution is -0.105. The van der Waals surface area contributed by atoms with E-state index in [4.69, 9.17) is 0 Å². The molecule has 1 aromatic carbocycles. The molecule has 0 saturated carbocycles. The Bertz CT molecular complexity index is 460. The molecular formula is C21H32O. The van der Waals surface area contributed by atoms with Crippen LogP contribution in [0.25, 0.3) is 6.08 Å². The second-order valence-electron chi connectivity index (χ2n) is 7.23. The van der Waals surface area contributed by atoms with Gasteiger partial charge in [-0.15, -0.1) is 0 Å². The second-order valence-corrected chi connectivity index (χ2v) is 7.23. The van der Waals surface area contributed by atoms with Gasteiger partial charge in [0.25, 0.3) is 0 Å². The first-order chi connectivity index (χ1) is 10.5. The maximum absolute atomic E-state index is 11.2. The summed E-state index contributed by atoms with van der Waals surface area (Å²) in [4.78, 5) is 11.2. The number of allylic oxidation sites excluding steroid dienone is 1. The molecule has 0 amide bonds. The lowest BCUT2D eigenvalue weighted by Crippen LogP contribution is -2.10. The third kappa shape index (κ3) is 7.06. The minimum absolute atomic E-state index is 0.175. The molecule has 0 bridgehead atoms. The Morgan fingerprint density at radius 2 is 1.55 bits per heavy atom. The molecule has 1 nitrogen and oxygen atoms in total. The molecule has 1 heteroatoms. The van der Waals surface area contributed by atoms with Crippen molar-refractivity contribution in [3.8, 4) is 0 Å². The van der Waals surface area contributed by atoms with E-state index in [1.807, 2.05) is 6.08 Å². The molecule has 1 rings (SSSR count). The molecule has 0 unspecified atom stereocenters. The number of carbonyl (C=O) groups is 1. The third-order valence-electron chi connectivity index (χ3n) is 4.10. The Hall–Kier alpha value is -1.37. The second kappa shape index (κ2) is 9.61. The summed E-state index contributed by atoms with van der Waals surface area (Å²) in [6, 6.07) is 8.56. The zero-order valence-electron chi connectivity index (χ0n) is 14.8. The number of carbonyl (C=O) groups excluding carboxylic acids is 1. The quantitative estimate of drug-likeness (QED) is 0.296. The van der Waals surface area contributed by atoms with Crippen molar-refractivity contribution in [3.05, 3.63) is 41.0 Å². The fraction of sp³-hybridized carbons (Fsp3) is 0.571. The largest absolute Gasteiger partial charge is 0.298 e. The fourth-order valence-electron chi connectivity index (χ4n) is 2.57. The van der Waals surface area contributed by atoms with E-state index in [1.165, 1.54) is 37.7 Å². The van der Waals surface area contributed by atoms with Gasteiger partial charge in [0.15, 0.2) is 0 Å². The normalized spacial score (nSPS) is 12.5. The molecule has 122 valence electrons. The van der Waals surface area contributed by atoms with Crippen molar-refractivity contribution in [1.82, 2.24) is 0 Å². The van der Waals surface area contributed by atoms with E-state index < -0.39 is 0 Å². The maximum Gasteiger partial charge on any atom is 0.146 e. The highest BCUT2D eigenvalue weighted by atomic mass is 16.1. The van der Waals surface area contributed by atoms with Crippen LogP contribution in [0.3, 0.4) is 0 Å². The predicted octanol–water partition coefficient (Wildman–Crippen LogP) is 6.32. The van der Waals surface area contributed by atoms with Gasteiger partial charge in [-0.1, -0.05) is 84.1 Å². The monoisotopic (exact) mass is 300 g/mol. The highest BCUT2D eigenvalue weighted by Crippen LogP contribution is 2.23. The minimum Gasteiger partial charge on any atom is -0.298 e. The zero-order chi connectivity index (χ0) is 16.4. The summed E-state index contributed by atoms with van der Waals surface area (Å²) in [5, 5.41) is 0. The van der Waals surface area contributed by atoms with Gasteiger partial charge < -0.3 is 0 Å². The van der Waals surface area contributed by atoms with Gasteiger partial charge in [-0.05, 0) is 41.0 Å². The first-order valence-corrected chi connectivity index (χ1v) is 8.73. The molecule has 1 aromatic rings. The van der Waals surface area contributed by atoms with Gasteiger partial charge in [0.1, 0.15) is 6.29 Å². The predicted molar refractivity (Wildman–Crippen MR) is 97.2 cm³/mol. The van der Waals surface area contributed by atoms with Crippen molar-refractivity contribution in [3.63, 3.8) is 0 Å². The van der Waals surface area contributed by atoms with Crippen molar-refractivity contribution in [2.45, 2.75) is 78.1 Å². The number of hydrogen-bond acceptors (Lipinski definition) is 1. The number of unbranched alkanes of at least 4 members (excludes halogenated alkanes) is 5. The summed E-state index contributed by atoms with van der Waals surface area (Å²) >= 11 is 0. The molecule has 0 fully saturated rings. The van der Waals surface area contributed by atoms with Crippen LogP contribution in [-0.4, -0.2) is 6.29 Å². The van der Waals surface area contributed by atoms with Crippen LogP contribution in [0.2, 0.25) is 0 Å². The van der Waals surface area contributed by atoms with E-state index in [9.17, 15) is 4.79 Å². The van der Waals surface area contributed by atoms with Crippen LogP contribution >= 0.6 is 0 Å². The lowest BCUT2D eigenvalue weighted by atomic mass is 9.86. The lowest BCUT2D eigenvalue weighted by Gasteiger charge is -2.18. The topological polar surface area (TPSA) is 17.1 Å². The van der Waals surface area contributed by atoms with Gasteiger partial charge in [0.05, 0.1) is 0 Å². The average molecular weight is 300 g/mol. The first-order valence-electron chi connectivity index (χ1n) is 8.73. The summed E-state index contributed by atoms with van der Waals surface area (Å²) in [5.74, 6) is 0. The first kappa shape index (κ1) is 18.7. The van der Waals surface area contributed by atoms with Crippen LogP contribution in [0, 0.1) is 0 Å². The summed E-state index contributed by atoms with van der Waals surface area (Å²) in [6.45, 7) is 8.88. The number of aldehydes is 1. The summed E-state index contributed by atoms with van der Waals surface area (Å²) in [5.41, 5.74) is 3.54. The van der Waals surface area contributed by atoms with Gasteiger partial charge in [-0.25, -0.2) is 0 Å². The van der Waals surface area contributed by atoms with Crippen LogP contribution in [0.1, 0.15) is 83.8 Å². The van der Waals surface area contributed by atoms with Gasteiger partial charge in [-0.2, -0.15) is 0 Å². The molecule has 0 aliphatic rings. The van der Waals surface area contributed by atoms with E-state index in [0.717, 1.165) is 30.3 Å². The van der Waals surface area contributed by atoms with Gasteiger partial charge >= 0.3 is 0 Å². The maximum atomic E-state index is 11.2. The van der Waals surface area contributed by atoms with E-state index in [-0.39, 0.29) is 5.41 Å². The van der Waals surface area contributed by atoms with Crippen LogP contribution in [0.4, 0.5) is 0 Å².